The summed E-state index contributed by atoms with van der Waals surface area (Å²) in [5.74, 6) is -1.04. The molecule has 0 aliphatic carbocycles. The molecule has 0 atom stereocenters. The second-order valence-corrected chi connectivity index (χ2v) is 5.90. The van der Waals surface area contributed by atoms with E-state index in [1.807, 2.05) is 44.2 Å². The second kappa shape index (κ2) is 6.65. The van der Waals surface area contributed by atoms with Crippen molar-refractivity contribution in [3.63, 3.8) is 0 Å². The highest BCUT2D eigenvalue weighted by Gasteiger charge is 2.18. The molecule has 2 aromatic rings. The minimum absolute atomic E-state index is 0.0167. The van der Waals surface area contributed by atoms with Gasteiger partial charge in [-0.05, 0) is 30.2 Å². The van der Waals surface area contributed by atoms with Gasteiger partial charge in [-0.25, -0.2) is 4.79 Å². The predicted molar refractivity (Wildman–Crippen MR) is 91.8 cm³/mol. The van der Waals surface area contributed by atoms with E-state index in [1.165, 1.54) is 0 Å². The molecule has 2 rings (SSSR count). The molecule has 23 heavy (non-hydrogen) atoms. The monoisotopic (exact) mass is 311 g/mol. The van der Waals surface area contributed by atoms with Gasteiger partial charge >= 0.3 is 5.97 Å². The summed E-state index contributed by atoms with van der Waals surface area (Å²) in [7, 11) is 1.74. The zero-order valence-corrected chi connectivity index (χ0v) is 13.8. The van der Waals surface area contributed by atoms with Gasteiger partial charge < -0.3 is 10.0 Å². The average Bonchev–Trinajstić information content (AvgIpc) is 2.53. The summed E-state index contributed by atoms with van der Waals surface area (Å²) >= 11 is 0. The third-order valence-corrected chi connectivity index (χ3v) is 3.87. The Labute approximate surface area is 136 Å². The fourth-order valence-electron chi connectivity index (χ4n) is 2.54. The molecule has 0 heterocycles. The Morgan fingerprint density at radius 3 is 2.35 bits per heavy atom. The van der Waals surface area contributed by atoms with Crippen LogP contribution in [0.25, 0.3) is 11.1 Å². The zero-order valence-electron chi connectivity index (χ0n) is 13.8. The Morgan fingerprint density at radius 2 is 1.74 bits per heavy atom. The summed E-state index contributed by atoms with van der Waals surface area (Å²) in [5, 5.41) is 9.31. The molecule has 2 aromatic carbocycles. The number of hydrogen-bond donors (Lipinski definition) is 1. The van der Waals surface area contributed by atoms with E-state index in [0.717, 1.165) is 16.8 Å². The van der Waals surface area contributed by atoms with E-state index in [9.17, 15) is 14.7 Å². The number of carbonyl (C=O) groups excluding carboxylic acids is 1. The molecule has 1 N–H and O–H groups in total. The third kappa shape index (κ3) is 3.42. The van der Waals surface area contributed by atoms with Crippen molar-refractivity contribution >= 4 is 17.6 Å². The molecule has 0 fully saturated rings. The summed E-state index contributed by atoms with van der Waals surface area (Å²) in [6, 6.07) is 12.9. The van der Waals surface area contributed by atoms with Crippen LogP contribution < -0.4 is 4.90 Å². The van der Waals surface area contributed by atoms with Crippen molar-refractivity contribution in [2.24, 2.45) is 5.92 Å². The number of nitrogens with zero attached hydrogens (tertiary/aromatic N) is 1. The van der Waals surface area contributed by atoms with Gasteiger partial charge in [-0.2, -0.15) is 0 Å². The smallest absolute Gasteiger partial charge is 0.335 e. The van der Waals surface area contributed by atoms with Crippen molar-refractivity contribution in [3.05, 3.63) is 53.6 Å². The van der Waals surface area contributed by atoms with E-state index in [-0.39, 0.29) is 17.4 Å². The van der Waals surface area contributed by atoms with Crippen molar-refractivity contribution in [1.29, 1.82) is 0 Å². The lowest BCUT2D eigenvalue weighted by Gasteiger charge is -2.23. The van der Waals surface area contributed by atoms with E-state index in [4.69, 9.17) is 0 Å². The number of carbonyl (C=O) groups is 2. The van der Waals surface area contributed by atoms with Crippen LogP contribution in [0.5, 0.6) is 0 Å². The van der Waals surface area contributed by atoms with Gasteiger partial charge in [0.05, 0.1) is 11.3 Å². The fourth-order valence-corrected chi connectivity index (χ4v) is 2.54. The summed E-state index contributed by atoms with van der Waals surface area (Å²) in [4.78, 5) is 25.3. The van der Waals surface area contributed by atoms with Gasteiger partial charge in [-0.15, -0.1) is 0 Å². The van der Waals surface area contributed by atoms with Crippen LogP contribution in [-0.4, -0.2) is 24.0 Å². The Hall–Kier alpha value is -2.62. The topological polar surface area (TPSA) is 57.6 Å². The number of benzene rings is 2. The number of aromatic carboxylic acids is 1. The van der Waals surface area contributed by atoms with Crippen LogP contribution >= 0.6 is 0 Å². The molecule has 1 amide bonds. The first-order chi connectivity index (χ1) is 10.8. The van der Waals surface area contributed by atoms with Gasteiger partial charge in [-0.3, -0.25) is 4.79 Å². The fraction of sp³-hybridized carbons (Fsp3) is 0.263. The van der Waals surface area contributed by atoms with Gasteiger partial charge in [0.1, 0.15) is 0 Å². The van der Waals surface area contributed by atoms with Gasteiger partial charge in [0.15, 0.2) is 0 Å². The Morgan fingerprint density at radius 1 is 1.09 bits per heavy atom. The molecule has 0 unspecified atom stereocenters. The summed E-state index contributed by atoms with van der Waals surface area (Å²) < 4.78 is 0. The Balaban J connectivity index is 2.55. The van der Waals surface area contributed by atoms with E-state index in [1.54, 1.807) is 31.0 Å². The third-order valence-electron chi connectivity index (χ3n) is 3.87. The van der Waals surface area contributed by atoms with Crippen LogP contribution in [0.3, 0.4) is 0 Å². The van der Waals surface area contributed by atoms with Crippen LogP contribution in [0.4, 0.5) is 5.69 Å². The van der Waals surface area contributed by atoms with E-state index < -0.39 is 5.97 Å². The molecule has 0 saturated heterocycles. The predicted octanol–water partition coefficient (Wildman–Crippen LogP) is 3.98. The molecular weight excluding hydrogens is 290 g/mol. The van der Waals surface area contributed by atoms with Crippen molar-refractivity contribution in [2.75, 3.05) is 11.9 Å². The van der Waals surface area contributed by atoms with E-state index in [0.29, 0.717) is 5.56 Å². The lowest BCUT2D eigenvalue weighted by molar-refractivity contribution is -0.121. The van der Waals surface area contributed by atoms with Crippen LogP contribution in [-0.2, 0) is 4.79 Å². The first-order valence-electron chi connectivity index (χ1n) is 7.54. The normalized spacial score (nSPS) is 10.7. The molecule has 0 aliphatic rings. The lowest BCUT2D eigenvalue weighted by Crippen LogP contribution is -2.30. The summed E-state index contributed by atoms with van der Waals surface area (Å²) in [6.45, 7) is 5.49. The molecule has 0 saturated carbocycles. The first-order valence-corrected chi connectivity index (χ1v) is 7.54. The zero-order chi connectivity index (χ0) is 17.1. The molecular formula is C19H21NO3. The molecule has 4 nitrogen and oxygen atoms in total. The molecule has 0 aromatic heterocycles. The number of carboxylic acids is 1. The number of rotatable bonds is 4. The van der Waals surface area contributed by atoms with E-state index in [2.05, 4.69) is 0 Å². The maximum absolute atomic E-state index is 12.3. The summed E-state index contributed by atoms with van der Waals surface area (Å²) in [5.41, 5.74) is 3.38. The average molecular weight is 311 g/mol. The van der Waals surface area contributed by atoms with Crippen molar-refractivity contribution in [1.82, 2.24) is 0 Å². The maximum Gasteiger partial charge on any atom is 0.335 e. The van der Waals surface area contributed by atoms with Crippen LogP contribution in [0.15, 0.2) is 42.5 Å². The SMILES string of the molecule is Cc1ccc(-c2ccccc2N(C)C(=O)C(C)C)cc1C(=O)O. The molecule has 0 bridgehead atoms. The highest BCUT2D eigenvalue weighted by atomic mass is 16.4. The number of para-hydroxylation sites is 1. The Kier molecular flexibility index (Phi) is 4.84. The standard InChI is InChI=1S/C19H21NO3/c1-12(2)18(21)20(4)17-8-6-5-7-15(17)14-10-9-13(3)16(11-14)19(22)23/h5-12H,1-4H3,(H,22,23). The lowest BCUT2D eigenvalue weighted by atomic mass is 9.98. The summed E-state index contributed by atoms with van der Waals surface area (Å²) in [6.07, 6.45) is 0. The largest absolute Gasteiger partial charge is 0.478 e. The quantitative estimate of drug-likeness (QED) is 0.929. The van der Waals surface area contributed by atoms with Crippen molar-refractivity contribution in [2.45, 2.75) is 20.8 Å². The van der Waals surface area contributed by atoms with Gasteiger partial charge in [0.25, 0.3) is 0 Å². The number of hydrogen-bond acceptors (Lipinski definition) is 2. The van der Waals surface area contributed by atoms with Crippen LogP contribution in [0.1, 0.15) is 29.8 Å². The molecule has 4 heteroatoms. The molecule has 0 aliphatic heterocycles. The second-order valence-electron chi connectivity index (χ2n) is 5.90. The van der Waals surface area contributed by atoms with E-state index >= 15 is 0 Å². The van der Waals surface area contributed by atoms with Crippen molar-refractivity contribution in [3.8, 4) is 11.1 Å². The molecule has 120 valence electrons. The number of amides is 1. The highest BCUT2D eigenvalue weighted by molar-refractivity contribution is 5.99. The van der Waals surface area contributed by atoms with Crippen LogP contribution in [0, 0.1) is 12.8 Å². The van der Waals surface area contributed by atoms with Crippen LogP contribution in [0.2, 0.25) is 0 Å². The number of carboxylic acid groups (broad SMARTS) is 1. The van der Waals surface area contributed by atoms with Gasteiger partial charge in [0, 0.05) is 18.5 Å². The minimum atomic E-state index is -0.951. The molecule has 0 radical (unpaired) electrons. The van der Waals surface area contributed by atoms with Gasteiger partial charge in [-0.1, -0.05) is 44.2 Å². The first kappa shape index (κ1) is 16.7. The molecule has 0 spiro atoms. The number of aryl methyl sites for hydroxylation is 1. The highest BCUT2D eigenvalue weighted by Crippen LogP contribution is 2.32. The number of anilines is 1. The Bertz CT molecular complexity index is 750. The van der Waals surface area contributed by atoms with Crippen molar-refractivity contribution < 1.29 is 14.7 Å². The minimum Gasteiger partial charge on any atom is -0.478 e. The maximum atomic E-state index is 12.3. The van der Waals surface area contributed by atoms with Gasteiger partial charge in [0.2, 0.25) is 5.91 Å².